The number of primary amides is 1. The van der Waals surface area contributed by atoms with Gasteiger partial charge in [-0.25, -0.2) is 4.79 Å². The lowest BCUT2D eigenvalue weighted by atomic mass is 10.6. The maximum atomic E-state index is 9.47. The molecule has 0 unspecified atom stereocenters. The zero-order valence-electron chi connectivity index (χ0n) is 7.60. The lowest BCUT2D eigenvalue weighted by Gasteiger charge is -2.03. The van der Waals surface area contributed by atoms with E-state index in [1.54, 1.807) is 0 Å². The molecule has 13 heavy (non-hydrogen) atoms. The first-order valence-electron chi connectivity index (χ1n) is 3.35. The predicted octanol–water partition coefficient (Wildman–Crippen LogP) is -1.37. The van der Waals surface area contributed by atoms with E-state index in [2.05, 4.69) is 15.0 Å². The Morgan fingerprint density at radius 1 is 1.46 bits per heavy atom. The monoisotopic (exact) mass is 210 g/mol. The SMILES string of the molecule is CN(C)CCN.NC(=O)N=S(=O)=O. The number of likely N-dealkylation sites (N-methyl/N-ethyl adjacent to an activating group) is 1. The summed E-state index contributed by atoms with van der Waals surface area (Å²) in [5.74, 6) is 0. The molecule has 4 N–H and O–H groups in total. The van der Waals surface area contributed by atoms with Crippen molar-refractivity contribution in [3.63, 3.8) is 0 Å². The van der Waals surface area contributed by atoms with Crippen LogP contribution < -0.4 is 11.5 Å². The average Bonchev–Trinajstić information content (AvgIpc) is 1.83. The van der Waals surface area contributed by atoms with Gasteiger partial charge >= 0.3 is 16.5 Å². The van der Waals surface area contributed by atoms with E-state index in [-0.39, 0.29) is 0 Å². The van der Waals surface area contributed by atoms with Gasteiger partial charge in [-0.1, -0.05) is 4.36 Å². The molecule has 78 valence electrons. The third kappa shape index (κ3) is 24.7. The van der Waals surface area contributed by atoms with Gasteiger partial charge in [0.15, 0.2) is 0 Å². The van der Waals surface area contributed by atoms with Crippen molar-refractivity contribution in [2.45, 2.75) is 0 Å². The van der Waals surface area contributed by atoms with E-state index in [0.29, 0.717) is 0 Å². The number of urea groups is 1. The number of amides is 2. The second kappa shape index (κ2) is 9.10. The van der Waals surface area contributed by atoms with Crippen molar-refractivity contribution in [1.82, 2.24) is 4.90 Å². The fourth-order valence-corrected chi connectivity index (χ4v) is 0.479. The third-order valence-electron chi connectivity index (χ3n) is 0.741. The van der Waals surface area contributed by atoms with E-state index >= 15 is 0 Å². The van der Waals surface area contributed by atoms with Crippen LogP contribution in [-0.2, 0) is 10.5 Å². The first-order valence-corrected chi connectivity index (χ1v) is 4.38. The van der Waals surface area contributed by atoms with E-state index in [1.807, 2.05) is 14.1 Å². The van der Waals surface area contributed by atoms with Gasteiger partial charge in [-0.15, -0.1) is 0 Å². The number of carbonyl (C=O) groups is 1. The highest BCUT2D eigenvalue weighted by Crippen LogP contribution is 1.64. The van der Waals surface area contributed by atoms with E-state index in [0.717, 1.165) is 13.1 Å². The zero-order valence-corrected chi connectivity index (χ0v) is 8.41. The van der Waals surface area contributed by atoms with Gasteiger partial charge in [0.1, 0.15) is 0 Å². The molecular weight excluding hydrogens is 196 g/mol. The largest absolute Gasteiger partial charge is 0.353 e. The molecule has 0 fully saturated rings. The summed E-state index contributed by atoms with van der Waals surface area (Å²) in [5, 5.41) is 0. The summed E-state index contributed by atoms with van der Waals surface area (Å²) in [5.41, 5.74) is 9.48. The molecular formula is C5H14N4O3S. The van der Waals surface area contributed by atoms with Crippen LogP contribution in [0.5, 0.6) is 0 Å². The number of nitrogens with zero attached hydrogens (tertiary/aromatic N) is 2. The smallest absolute Gasteiger partial charge is 0.349 e. The minimum atomic E-state index is -2.70. The van der Waals surface area contributed by atoms with Crippen molar-refractivity contribution in [3.8, 4) is 0 Å². The second-order valence-electron chi connectivity index (χ2n) is 2.24. The van der Waals surface area contributed by atoms with Crippen molar-refractivity contribution in [2.24, 2.45) is 15.8 Å². The molecule has 0 atom stereocenters. The summed E-state index contributed by atoms with van der Waals surface area (Å²) in [4.78, 5) is 11.5. The van der Waals surface area contributed by atoms with Gasteiger partial charge in [-0.05, 0) is 14.1 Å². The quantitative estimate of drug-likeness (QED) is 0.583. The molecule has 0 bridgehead atoms. The van der Waals surface area contributed by atoms with Gasteiger partial charge in [0.2, 0.25) is 0 Å². The summed E-state index contributed by atoms with van der Waals surface area (Å²) in [6.07, 6.45) is 0. The molecule has 0 rings (SSSR count). The maximum Gasteiger partial charge on any atom is 0.353 e. The second-order valence-corrected chi connectivity index (χ2v) is 2.86. The van der Waals surface area contributed by atoms with Gasteiger partial charge in [0.25, 0.3) is 0 Å². The van der Waals surface area contributed by atoms with E-state index in [1.165, 1.54) is 0 Å². The van der Waals surface area contributed by atoms with Gasteiger partial charge in [-0.2, -0.15) is 8.42 Å². The Morgan fingerprint density at radius 3 is 1.92 bits per heavy atom. The van der Waals surface area contributed by atoms with Gasteiger partial charge in [0, 0.05) is 13.1 Å². The Labute approximate surface area is 78.4 Å². The van der Waals surface area contributed by atoms with Gasteiger partial charge in [0.05, 0.1) is 0 Å². The van der Waals surface area contributed by atoms with Crippen LogP contribution in [0.15, 0.2) is 4.36 Å². The molecule has 0 aromatic rings. The van der Waals surface area contributed by atoms with Crippen LogP contribution in [-0.4, -0.2) is 46.5 Å². The topological polar surface area (TPSA) is 119 Å². The standard InChI is InChI=1S/C4H12N2.CH2N2O3S/c1-6(2)4-3-5;2-1(4)3-7(5)6/h3-5H2,1-2H3;(H2,2,4). The maximum absolute atomic E-state index is 9.47. The molecule has 7 nitrogen and oxygen atoms in total. The molecule has 0 saturated heterocycles. The normalized spacial score (nSPS) is 8.62. The Kier molecular flexibility index (Phi) is 10.2. The average molecular weight is 210 g/mol. The van der Waals surface area contributed by atoms with Gasteiger partial charge in [-0.3, -0.25) is 0 Å². The molecule has 2 amide bonds. The summed E-state index contributed by atoms with van der Waals surface area (Å²) in [6, 6.07) is -1.20. The number of hydrogen-bond acceptors (Lipinski definition) is 5. The molecule has 0 aliphatic carbocycles. The van der Waals surface area contributed by atoms with E-state index in [4.69, 9.17) is 5.73 Å². The van der Waals surface area contributed by atoms with Crippen molar-refractivity contribution >= 4 is 16.5 Å². The number of nitrogens with two attached hydrogens (primary N) is 2. The Balaban J connectivity index is 0. The predicted molar refractivity (Wildman–Crippen MR) is 48.5 cm³/mol. The number of hydrogen-bond donors (Lipinski definition) is 2. The molecule has 0 aliphatic rings. The zero-order chi connectivity index (χ0) is 10.9. The summed E-state index contributed by atoms with van der Waals surface area (Å²) in [6.45, 7) is 1.74. The fraction of sp³-hybridized carbons (Fsp3) is 0.800. The summed E-state index contributed by atoms with van der Waals surface area (Å²) >= 11 is 0. The summed E-state index contributed by atoms with van der Waals surface area (Å²) in [7, 11) is 1.32. The van der Waals surface area contributed by atoms with E-state index in [9.17, 15) is 13.2 Å². The van der Waals surface area contributed by atoms with Crippen molar-refractivity contribution in [3.05, 3.63) is 0 Å². The Morgan fingerprint density at radius 2 is 1.92 bits per heavy atom. The Bertz CT molecular complexity index is 251. The molecule has 0 radical (unpaired) electrons. The highest BCUT2D eigenvalue weighted by Gasteiger charge is 1.80. The lowest BCUT2D eigenvalue weighted by Crippen LogP contribution is -2.20. The van der Waals surface area contributed by atoms with Gasteiger partial charge < -0.3 is 16.4 Å². The minimum absolute atomic E-state index is 0.757. The Hall–Kier alpha value is -0.990. The van der Waals surface area contributed by atoms with Crippen molar-refractivity contribution in [2.75, 3.05) is 27.2 Å². The fourth-order valence-electron chi connectivity index (χ4n) is 0.332. The van der Waals surface area contributed by atoms with Crippen LogP contribution in [0.2, 0.25) is 0 Å². The first-order chi connectivity index (χ1) is 5.90. The number of carbonyl (C=O) groups excluding carboxylic acids is 1. The lowest BCUT2D eigenvalue weighted by molar-refractivity contribution is 0.257. The third-order valence-corrected chi connectivity index (χ3v) is 1.07. The number of rotatable bonds is 2. The first kappa shape index (κ1) is 14.5. The minimum Gasteiger partial charge on any atom is -0.349 e. The van der Waals surface area contributed by atoms with Crippen LogP contribution in [0.3, 0.4) is 0 Å². The highest BCUT2D eigenvalue weighted by atomic mass is 32.2. The van der Waals surface area contributed by atoms with Crippen molar-refractivity contribution < 1.29 is 13.2 Å². The van der Waals surface area contributed by atoms with Crippen molar-refractivity contribution in [1.29, 1.82) is 0 Å². The molecule has 8 heteroatoms. The molecule has 0 saturated carbocycles. The molecule has 0 aromatic heterocycles. The molecule has 0 heterocycles. The summed E-state index contributed by atoms with van der Waals surface area (Å²) < 4.78 is 21.0. The van der Waals surface area contributed by atoms with Crippen LogP contribution >= 0.6 is 0 Å². The highest BCUT2D eigenvalue weighted by molar-refractivity contribution is 7.62. The van der Waals surface area contributed by atoms with E-state index < -0.39 is 16.5 Å². The van der Waals surface area contributed by atoms with Crippen LogP contribution in [0.1, 0.15) is 0 Å². The van der Waals surface area contributed by atoms with Crippen LogP contribution in [0, 0.1) is 0 Å². The molecule has 0 aliphatic heterocycles. The molecule has 0 aromatic carbocycles. The van der Waals surface area contributed by atoms with Crippen LogP contribution in [0.4, 0.5) is 4.79 Å². The van der Waals surface area contributed by atoms with Crippen LogP contribution in [0.25, 0.3) is 0 Å². The molecule has 0 spiro atoms.